The maximum absolute atomic E-state index is 12.6. The number of benzene rings is 2. The lowest BCUT2D eigenvalue weighted by Crippen LogP contribution is -2.15. The van der Waals surface area contributed by atoms with Crippen molar-refractivity contribution in [2.24, 2.45) is 0 Å². The molecule has 1 amide bonds. The van der Waals surface area contributed by atoms with E-state index in [0.717, 1.165) is 46.1 Å². The highest BCUT2D eigenvalue weighted by molar-refractivity contribution is 8.00. The summed E-state index contributed by atoms with van der Waals surface area (Å²) in [5, 5.41) is 7.82. The van der Waals surface area contributed by atoms with E-state index in [4.69, 9.17) is 14.6 Å². The van der Waals surface area contributed by atoms with E-state index in [0.29, 0.717) is 18.1 Å². The molecule has 0 radical (unpaired) electrons. The normalized spacial score (nSPS) is 15.7. The number of aromatic nitrogens is 2. The Morgan fingerprint density at radius 3 is 2.77 bits per heavy atom. The molecule has 0 fully saturated rings. The van der Waals surface area contributed by atoms with Gasteiger partial charge in [-0.3, -0.25) is 4.79 Å². The molecule has 3 aromatic rings. The lowest BCUT2D eigenvalue weighted by Gasteiger charge is -2.18. The molecule has 162 valence electrons. The highest BCUT2D eigenvalue weighted by Crippen LogP contribution is 2.45. The summed E-state index contributed by atoms with van der Waals surface area (Å²) in [6.07, 6.45) is 0.928. The Morgan fingerprint density at radius 2 is 2.03 bits per heavy atom. The summed E-state index contributed by atoms with van der Waals surface area (Å²) >= 11 is 1.59. The van der Waals surface area contributed by atoms with Crippen molar-refractivity contribution in [1.29, 1.82) is 0 Å². The zero-order valence-electron chi connectivity index (χ0n) is 18.3. The van der Waals surface area contributed by atoms with Gasteiger partial charge in [-0.1, -0.05) is 25.1 Å². The van der Waals surface area contributed by atoms with Crippen LogP contribution in [0.15, 0.2) is 42.5 Å². The molecule has 2 aromatic carbocycles. The van der Waals surface area contributed by atoms with E-state index in [9.17, 15) is 4.79 Å². The first-order valence-electron chi connectivity index (χ1n) is 10.4. The number of thioether (sulfide) groups is 1. The second-order valence-corrected chi connectivity index (χ2v) is 8.69. The van der Waals surface area contributed by atoms with Crippen molar-refractivity contribution < 1.29 is 14.3 Å². The fourth-order valence-corrected chi connectivity index (χ4v) is 4.95. The lowest BCUT2D eigenvalue weighted by molar-refractivity contribution is -0.113. The smallest absolute Gasteiger partial charge is 0.235 e. The van der Waals surface area contributed by atoms with Crippen molar-refractivity contribution in [3.05, 3.63) is 64.8 Å². The van der Waals surface area contributed by atoms with Crippen LogP contribution >= 0.6 is 11.8 Å². The van der Waals surface area contributed by atoms with Crippen LogP contribution in [-0.2, 0) is 4.79 Å². The first-order valence-corrected chi connectivity index (χ1v) is 11.5. The number of carbonyl (C=O) groups excluding carboxylic acids is 1. The fourth-order valence-electron chi connectivity index (χ4n) is 3.77. The second-order valence-electron chi connectivity index (χ2n) is 7.60. The number of hydrogen-bond acceptors (Lipinski definition) is 5. The van der Waals surface area contributed by atoms with Gasteiger partial charge < -0.3 is 14.8 Å². The Morgan fingerprint density at radius 1 is 1.19 bits per heavy atom. The standard InChI is InChI=1S/C24H27N3O3S/c1-5-11-30-19-10-9-17(13-20(19)29-4)23-22-16(3)26-27(18-8-6-7-15(2)12-18)24(22)25-21(28)14-31-23/h6-10,12-13,23H,5,11,14H2,1-4H3,(H,25,28). The molecule has 4 rings (SSSR count). The summed E-state index contributed by atoms with van der Waals surface area (Å²) in [6.45, 7) is 6.75. The van der Waals surface area contributed by atoms with Gasteiger partial charge in [0.1, 0.15) is 5.82 Å². The van der Waals surface area contributed by atoms with Gasteiger partial charge in [0.05, 0.1) is 36.1 Å². The molecular weight excluding hydrogens is 410 g/mol. The fraction of sp³-hybridized carbons (Fsp3) is 0.333. The Balaban J connectivity index is 1.81. The molecule has 0 bridgehead atoms. The average Bonchev–Trinajstić information content (AvgIpc) is 2.97. The number of hydrogen-bond donors (Lipinski definition) is 1. The highest BCUT2D eigenvalue weighted by Gasteiger charge is 2.31. The number of carbonyl (C=O) groups is 1. The Labute approximate surface area is 186 Å². The van der Waals surface area contributed by atoms with E-state index in [1.165, 1.54) is 0 Å². The molecule has 1 atom stereocenters. The maximum Gasteiger partial charge on any atom is 0.235 e. The molecule has 1 N–H and O–H groups in total. The van der Waals surface area contributed by atoms with Gasteiger partial charge >= 0.3 is 0 Å². The number of fused-ring (bicyclic) bond motifs is 1. The number of nitrogens with one attached hydrogen (secondary N) is 1. The molecule has 2 heterocycles. The van der Waals surface area contributed by atoms with Gasteiger partial charge in [0, 0.05) is 5.56 Å². The predicted octanol–water partition coefficient (Wildman–Crippen LogP) is 5.06. The zero-order valence-corrected chi connectivity index (χ0v) is 19.1. The van der Waals surface area contributed by atoms with E-state index < -0.39 is 0 Å². The van der Waals surface area contributed by atoms with Gasteiger partial charge in [0.25, 0.3) is 0 Å². The molecule has 1 unspecified atom stereocenters. The SMILES string of the molecule is CCCOc1ccc(C2SCC(=O)Nc3c2c(C)nn3-c2cccc(C)c2)cc1OC. The Bertz CT molecular complexity index is 1110. The molecule has 1 aromatic heterocycles. The number of anilines is 1. The number of amides is 1. The van der Waals surface area contributed by atoms with Crippen molar-refractivity contribution in [2.75, 3.05) is 24.8 Å². The molecule has 0 saturated heterocycles. The molecule has 1 aliphatic rings. The van der Waals surface area contributed by atoms with E-state index >= 15 is 0 Å². The summed E-state index contributed by atoms with van der Waals surface area (Å²) in [5.74, 6) is 2.49. The topological polar surface area (TPSA) is 65.4 Å². The maximum atomic E-state index is 12.6. The molecule has 1 aliphatic heterocycles. The van der Waals surface area contributed by atoms with Crippen LogP contribution in [0.25, 0.3) is 5.69 Å². The van der Waals surface area contributed by atoms with Gasteiger partial charge in [-0.15, -0.1) is 11.8 Å². The van der Waals surface area contributed by atoms with Crippen LogP contribution in [0, 0.1) is 13.8 Å². The van der Waals surface area contributed by atoms with E-state index in [1.54, 1.807) is 18.9 Å². The monoisotopic (exact) mass is 437 g/mol. The van der Waals surface area contributed by atoms with Crippen LogP contribution in [0.1, 0.15) is 41.0 Å². The van der Waals surface area contributed by atoms with Crippen molar-refractivity contribution >= 4 is 23.5 Å². The van der Waals surface area contributed by atoms with Gasteiger partial charge in [-0.25, -0.2) is 4.68 Å². The van der Waals surface area contributed by atoms with E-state index in [-0.39, 0.29) is 11.2 Å². The van der Waals surface area contributed by atoms with Crippen LogP contribution in [0.4, 0.5) is 5.82 Å². The van der Waals surface area contributed by atoms with Crippen LogP contribution < -0.4 is 14.8 Å². The molecule has 31 heavy (non-hydrogen) atoms. The second kappa shape index (κ2) is 9.06. The number of ether oxygens (including phenoxy) is 2. The van der Waals surface area contributed by atoms with Gasteiger partial charge in [0.2, 0.25) is 5.91 Å². The minimum absolute atomic E-state index is 0.0302. The van der Waals surface area contributed by atoms with Crippen LogP contribution in [0.2, 0.25) is 0 Å². The van der Waals surface area contributed by atoms with Crippen molar-refractivity contribution in [3.8, 4) is 17.2 Å². The van der Waals surface area contributed by atoms with E-state index in [1.807, 2.05) is 54.9 Å². The van der Waals surface area contributed by atoms with Crippen LogP contribution in [0.3, 0.4) is 0 Å². The zero-order chi connectivity index (χ0) is 22.0. The van der Waals surface area contributed by atoms with Gasteiger partial charge in [0.15, 0.2) is 11.5 Å². The van der Waals surface area contributed by atoms with Crippen molar-refractivity contribution in [2.45, 2.75) is 32.4 Å². The van der Waals surface area contributed by atoms with Gasteiger partial charge in [-0.2, -0.15) is 5.10 Å². The Hall–Kier alpha value is -2.93. The average molecular weight is 438 g/mol. The van der Waals surface area contributed by atoms with Crippen molar-refractivity contribution in [3.63, 3.8) is 0 Å². The molecule has 6 nitrogen and oxygen atoms in total. The predicted molar refractivity (Wildman–Crippen MR) is 125 cm³/mol. The van der Waals surface area contributed by atoms with Crippen molar-refractivity contribution in [1.82, 2.24) is 9.78 Å². The number of aryl methyl sites for hydroxylation is 2. The molecular formula is C24H27N3O3S. The molecule has 0 spiro atoms. The third kappa shape index (κ3) is 4.28. The highest BCUT2D eigenvalue weighted by atomic mass is 32.2. The van der Waals surface area contributed by atoms with Crippen LogP contribution in [0.5, 0.6) is 11.5 Å². The minimum Gasteiger partial charge on any atom is -0.493 e. The third-order valence-electron chi connectivity index (χ3n) is 5.21. The molecule has 0 aliphatic carbocycles. The number of rotatable bonds is 6. The first kappa shape index (κ1) is 21.3. The quantitative estimate of drug-likeness (QED) is 0.584. The summed E-state index contributed by atoms with van der Waals surface area (Å²) in [5.41, 5.74) is 5.02. The Kier molecular flexibility index (Phi) is 6.23. The molecule has 7 heteroatoms. The molecule has 0 saturated carbocycles. The van der Waals surface area contributed by atoms with Crippen LogP contribution in [-0.4, -0.2) is 35.2 Å². The summed E-state index contributed by atoms with van der Waals surface area (Å²) < 4.78 is 13.2. The summed E-state index contributed by atoms with van der Waals surface area (Å²) in [7, 11) is 1.65. The van der Waals surface area contributed by atoms with E-state index in [2.05, 4.69) is 18.3 Å². The first-order chi connectivity index (χ1) is 15.0. The third-order valence-corrected chi connectivity index (χ3v) is 6.48. The summed E-state index contributed by atoms with van der Waals surface area (Å²) in [6, 6.07) is 14.1. The number of methoxy groups -OCH3 is 1. The van der Waals surface area contributed by atoms with Gasteiger partial charge in [-0.05, 0) is 55.7 Å². The lowest BCUT2D eigenvalue weighted by atomic mass is 10.0. The largest absolute Gasteiger partial charge is 0.493 e. The minimum atomic E-state index is -0.0540. The summed E-state index contributed by atoms with van der Waals surface area (Å²) in [4.78, 5) is 12.6. The number of nitrogens with zero attached hydrogens (tertiary/aromatic N) is 2.